The molecule has 3 N–H and O–H groups in total. The van der Waals surface area contributed by atoms with Gasteiger partial charge in [0.1, 0.15) is 10.5 Å². The van der Waals surface area contributed by atoms with Gasteiger partial charge in [0.05, 0.1) is 18.0 Å². The number of nitrogens with zero attached hydrogens (tertiary/aromatic N) is 6. The number of nitrogens with two attached hydrogens (primary N) is 1. The zero-order valence-corrected chi connectivity index (χ0v) is 19.4. The summed E-state index contributed by atoms with van der Waals surface area (Å²) < 4.78 is 20.1. The minimum Gasteiger partial charge on any atom is -0.393 e. The number of nitrogen functional groups attached to an aromatic ring is 1. The van der Waals surface area contributed by atoms with Crippen molar-refractivity contribution in [2.45, 2.75) is 4.21 Å². The predicted molar refractivity (Wildman–Crippen MR) is 129 cm³/mol. The van der Waals surface area contributed by atoms with E-state index in [9.17, 15) is 4.55 Å². The fourth-order valence-electron chi connectivity index (χ4n) is 3.61. The van der Waals surface area contributed by atoms with Crippen molar-refractivity contribution in [2.24, 2.45) is 14.1 Å². The van der Waals surface area contributed by atoms with Gasteiger partial charge in [0, 0.05) is 61.7 Å². The van der Waals surface area contributed by atoms with Crippen LogP contribution in [0.5, 0.6) is 0 Å². The lowest BCUT2D eigenvalue weighted by molar-refractivity contribution is 0.217. The van der Waals surface area contributed by atoms with Crippen LogP contribution in [0.25, 0.3) is 43.8 Å². The Morgan fingerprint density at radius 3 is 2.78 bits per heavy atom. The molecule has 9 nitrogen and oxygen atoms in total. The van der Waals surface area contributed by atoms with Gasteiger partial charge in [0.2, 0.25) is 0 Å². The Kier molecular flexibility index (Phi) is 5.33. The number of aromatic nitrogens is 6. The second kappa shape index (κ2) is 8.17. The van der Waals surface area contributed by atoms with Crippen LogP contribution in [0, 0.1) is 0 Å². The van der Waals surface area contributed by atoms with E-state index in [-0.39, 0.29) is 0 Å². The molecule has 0 fully saturated rings. The number of fused-ring (bicyclic) bond motifs is 2. The molecule has 5 aromatic rings. The summed E-state index contributed by atoms with van der Waals surface area (Å²) in [5.41, 5.74) is 11.1. The van der Waals surface area contributed by atoms with Crippen molar-refractivity contribution in [3.05, 3.63) is 36.8 Å². The van der Waals surface area contributed by atoms with Crippen LogP contribution >= 0.6 is 11.3 Å². The molecule has 0 amide bonds. The van der Waals surface area contributed by atoms with E-state index >= 15 is 0 Å². The maximum atomic E-state index is 10.7. The van der Waals surface area contributed by atoms with Crippen molar-refractivity contribution in [3.8, 4) is 22.5 Å². The van der Waals surface area contributed by atoms with E-state index in [4.69, 9.17) is 15.5 Å². The monoisotopic (exact) mass is 468 g/mol. The van der Waals surface area contributed by atoms with E-state index in [1.54, 1.807) is 22.7 Å². The number of rotatable bonds is 6. The third kappa shape index (κ3) is 3.62. The summed E-state index contributed by atoms with van der Waals surface area (Å²) in [5, 5.41) is 10.7. The molecule has 32 heavy (non-hydrogen) atoms. The second-order valence-corrected chi connectivity index (χ2v) is 10.2. The Morgan fingerprint density at radius 2 is 2.03 bits per heavy atom. The number of hydrogen-bond donors (Lipinski definition) is 2. The molecule has 5 heterocycles. The molecule has 1 unspecified atom stereocenters. The van der Waals surface area contributed by atoms with Crippen molar-refractivity contribution in [1.29, 1.82) is 0 Å². The number of methoxy groups -OCH3 is 1. The van der Waals surface area contributed by atoms with Gasteiger partial charge in [-0.1, -0.05) is 11.3 Å². The molecule has 0 aliphatic rings. The first-order valence-electron chi connectivity index (χ1n) is 9.86. The van der Waals surface area contributed by atoms with Crippen LogP contribution in [0.15, 0.2) is 41.0 Å². The number of thiophene rings is 1. The van der Waals surface area contributed by atoms with Crippen LogP contribution in [0.4, 0.5) is 5.69 Å². The first-order valence-corrected chi connectivity index (χ1v) is 12.0. The molecule has 0 saturated heterocycles. The number of hydrogen-bond acceptors (Lipinski definition) is 8. The van der Waals surface area contributed by atoms with Crippen molar-refractivity contribution in [1.82, 2.24) is 29.5 Å². The summed E-state index contributed by atoms with van der Waals surface area (Å²) in [4.78, 5) is 10.1. The van der Waals surface area contributed by atoms with E-state index in [1.807, 2.05) is 44.7 Å². The fraction of sp³-hybridized carbons (Fsp3) is 0.238. The maximum Gasteiger partial charge on any atom is 0.269 e. The van der Waals surface area contributed by atoms with Crippen LogP contribution in [0.2, 0.25) is 0 Å². The van der Waals surface area contributed by atoms with Crippen LogP contribution in [0.1, 0.15) is 0 Å². The van der Waals surface area contributed by atoms with Crippen LogP contribution in [-0.2, 0) is 30.0 Å². The first kappa shape index (κ1) is 20.9. The standard InChI is InChI=1S/C21H22N7O2S2/c1-27-5-4-15(25-27)14-9-16(12-8-13-11-28(2)26-19(13)23-10-12)24-20-17(14)18(22)21(31-20)32(29)7-6-30-3/h4-5,8-11,29H,6-7,22H2,1-3H3/q+1. The summed E-state index contributed by atoms with van der Waals surface area (Å²) in [6.45, 7) is 0.454. The highest BCUT2D eigenvalue weighted by Gasteiger charge is 2.30. The Balaban J connectivity index is 1.72. The molecule has 0 bridgehead atoms. The third-order valence-electron chi connectivity index (χ3n) is 5.12. The molecule has 5 aromatic heterocycles. The number of pyridine rings is 2. The maximum absolute atomic E-state index is 10.7. The van der Waals surface area contributed by atoms with Crippen molar-refractivity contribution in [2.75, 3.05) is 25.2 Å². The van der Waals surface area contributed by atoms with Gasteiger partial charge in [0.25, 0.3) is 4.21 Å². The SMILES string of the molecule is COCC[S+](O)c1sc2nc(-c3cnc4nn(C)cc4c3)cc(-c3ccn(C)n3)c2c1N. The Morgan fingerprint density at radius 1 is 1.19 bits per heavy atom. The summed E-state index contributed by atoms with van der Waals surface area (Å²) in [7, 11) is 5.36. The Bertz CT molecular complexity index is 1440. The van der Waals surface area contributed by atoms with Gasteiger partial charge in [-0.15, -0.1) is 0 Å². The highest BCUT2D eigenvalue weighted by molar-refractivity contribution is 7.93. The van der Waals surface area contributed by atoms with Gasteiger partial charge >= 0.3 is 0 Å². The van der Waals surface area contributed by atoms with Crippen LogP contribution in [0.3, 0.4) is 0 Å². The summed E-state index contributed by atoms with van der Waals surface area (Å²) in [6, 6.07) is 5.96. The van der Waals surface area contributed by atoms with Crippen molar-refractivity contribution >= 4 is 49.5 Å². The van der Waals surface area contributed by atoms with E-state index in [1.165, 1.54) is 11.3 Å². The van der Waals surface area contributed by atoms with Gasteiger partial charge in [-0.2, -0.15) is 14.8 Å². The number of aryl methyl sites for hydroxylation is 2. The second-order valence-electron chi connectivity index (χ2n) is 7.41. The molecule has 0 aliphatic heterocycles. The molecule has 0 radical (unpaired) electrons. The molecule has 5 rings (SSSR count). The highest BCUT2D eigenvalue weighted by Crippen LogP contribution is 2.43. The molecule has 1 atom stereocenters. The molecule has 164 valence electrons. The highest BCUT2D eigenvalue weighted by atomic mass is 32.2. The molecule has 0 spiro atoms. The summed E-state index contributed by atoms with van der Waals surface area (Å²) >= 11 is 0.390. The summed E-state index contributed by atoms with van der Waals surface area (Å²) in [5.74, 6) is 0.487. The van der Waals surface area contributed by atoms with Gasteiger partial charge in [-0.25, -0.2) is 9.97 Å². The van der Waals surface area contributed by atoms with Crippen molar-refractivity contribution in [3.63, 3.8) is 0 Å². The fourth-order valence-corrected chi connectivity index (χ4v) is 6.20. The largest absolute Gasteiger partial charge is 0.393 e. The number of ether oxygens (including phenoxy) is 1. The topological polar surface area (TPSA) is 117 Å². The van der Waals surface area contributed by atoms with Gasteiger partial charge in [0.15, 0.2) is 22.6 Å². The van der Waals surface area contributed by atoms with Crippen molar-refractivity contribution < 1.29 is 9.29 Å². The van der Waals surface area contributed by atoms with E-state index in [0.717, 1.165) is 42.3 Å². The lowest BCUT2D eigenvalue weighted by Gasteiger charge is -2.06. The quantitative estimate of drug-likeness (QED) is 0.367. The summed E-state index contributed by atoms with van der Waals surface area (Å²) in [6.07, 6.45) is 5.60. The predicted octanol–water partition coefficient (Wildman–Crippen LogP) is 3.32. The molecule has 0 aliphatic carbocycles. The zero-order chi connectivity index (χ0) is 22.4. The molecule has 0 saturated carbocycles. The lowest BCUT2D eigenvalue weighted by Crippen LogP contribution is -2.11. The van der Waals surface area contributed by atoms with Crippen LogP contribution in [-0.4, -0.2) is 53.6 Å². The molecule has 0 aromatic carbocycles. The first-order chi connectivity index (χ1) is 15.4. The van der Waals surface area contributed by atoms with Gasteiger partial charge < -0.3 is 10.5 Å². The van der Waals surface area contributed by atoms with Gasteiger partial charge in [-0.05, 0) is 18.2 Å². The lowest BCUT2D eigenvalue weighted by atomic mass is 10.0. The Hall–Kier alpha value is -2.99. The average Bonchev–Trinajstić information content (AvgIpc) is 3.47. The number of anilines is 1. The third-order valence-corrected chi connectivity index (χ3v) is 8.04. The minimum atomic E-state index is -1.02. The average molecular weight is 469 g/mol. The zero-order valence-electron chi connectivity index (χ0n) is 17.8. The van der Waals surface area contributed by atoms with E-state index < -0.39 is 11.2 Å². The normalized spacial score (nSPS) is 12.8. The molecular formula is C21H22N7O2S2+. The Labute approximate surface area is 191 Å². The molecule has 11 heteroatoms. The minimum absolute atomic E-state index is 0.454. The molecular weight excluding hydrogens is 446 g/mol. The van der Waals surface area contributed by atoms with Crippen LogP contribution < -0.4 is 5.73 Å². The van der Waals surface area contributed by atoms with E-state index in [2.05, 4.69) is 15.2 Å². The smallest absolute Gasteiger partial charge is 0.269 e. The van der Waals surface area contributed by atoms with E-state index in [0.29, 0.717) is 23.7 Å². The van der Waals surface area contributed by atoms with Gasteiger partial charge in [-0.3, -0.25) is 9.36 Å².